The van der Waals surface area contributed by atoms with Crippen molar-refractivity contribution in [3.8, 4) is 0 Å². The highest BCUT2D eigenvalue weighted by molar-refractivity contribution is 5.21. The maximum Gasteiger partial charge on any atom is 0.159 e. The fourth-order valence-corrected chi connectivity index (χ4v) is 1.88. The summed E-state index contributed by atoms with van der Waals surface area (Å²) in [6, 6.07) is 4.42. The summed E-state index contributed by atoms with van der Waals surface area (Å²) in [5.41, 5.74) is 0.707. The Bertz CT molecular complexity index is 546. The monoisotopic (exact) mass is 235 g/mol. The zero-order valence-electron chi connectivity index (χ0n) is 9.11. The van der Waals surface area contributed by atoms with Crippen LogP contribution < -0.4 is 0 Å². The molecule has 0 amide bonds. The van der Waals surface area contributed by atoms with E-state index < -0.39 is 11.6 Å². The van der Waals surface area contributed by atoms with Crippen molar-refractivity contribution in [2.24, 2.45) is 0 Å². The van der Waals surface area contributed by atoms with Gasteiger partial charge in [0.1, 0.15) is 12.2 Å². The average molecular weight is 235 g/mol. The van der Waals surface area contributed by atoms with Crippen LogP contribution in [-0.4, -0.2) is 14.8 Å². The minimum atomic E-state index is -0.822. The summed E-state index contributed by atoms with van der Waals surface area (Å²) >= 11 is 0. The summed E-state index contributed by atoms with van der Waals surface area (Å²) in [6.07, 6.45) is 4.46. The van der Waals surface area contributed by atoms with E-state index in [9.17, 15) is 8.78 Å². The number of aromatic nitrogens is 3. The second-order valence-electron chi connectivity index (χ2n) is 4.31. The molecule has 1 heterocycles. The van der Waals surface area contributed by atoms with Gasteiger partial charge in [-0.05, 0) is 30.5 Å². The highest BCUT2D eigenvalue weighted by Crippen LogP contribution is 2.35. The zero-order valence-corrected chi connectivity index (χ0v) is 9.11. The molecular weight excluding hydrogens is 224 g/mol. The Morgan fingerprint density at radius 2 is 2.06 bits per heavy atom. The van der Waals surface area contributed by atoms with Crippen molar-refractivity contribution >= 4 is 0 Å². The summed E-state index contributed by atoms with van der Waals surface area (Å²) in [7, 11) is 0. The molecule has 1 aromatic carbocycles. The maximum atomic E-state index is 13.1. The molecule has 88 valence electrons. The molecule has 1 aliphatic carbocycles. The zero-order chi connectivity index (χ0) is 11.8. The van der Waals surface area contributed by atoms with E-state index in [1.54, 1.807) is 12.4 Å². The quantitative estimate of drug-likeness (QED) is 0.818. The van der Waals surface area contributed by atoms with Crippen LogP contribution in [-0.2, 0) is 6.42 Å². The van der Waals surface area contributed by atoms with Crippen LogP contribution in [0.5, 0.6) is 0 Å². The first kappa shape index (κ1) is 10.4. The lowest BCUT2D eigenvalue weighted by atomic mass is 10.1. The van der Waals surface area contributed by atoms with Crippen molar-refractivity contribution in [1.82, 2.24) is 14.8 Å². The third kappa shape index (κ3) is 2.05. The van der Waals surface area contributed by atoms with Gasteiger partial charge in [0.05, 0.1) is 0 Å². The Morgan fingerprint density at radius 3 is 2.76 bits per heavy atom. The lowest BCUT2D eigenvalue weighted by Gasteiger charge is -2.04. The molecule has 0 aliphatic heterocycles. The number of rotatable bonds is 3. The van der Waals surface area contributed by atoms with Gasteiger partial charge in [-0.15, -0.1) is 10.2 Å². The molecule has 0 atom stereocenters. The molecule has 1 aliphatic rings. The normalized spacial score (nSPS) is 15.2. The fraction of sp³-hybridized carbons (Fsp3) is 0.333. The van der Waals surface area contributed by atoms with Crippen LogP contribution in [0.4, 0.5) is 8.78 Å². The largest absolute Gasteiger partial charge is 0.314 e. The molecule has 0 unspecified atom stereocenters. The van der Waals surface area contributed by atoms with Crippen molar-refractivity contribution < 1.29 is 8.78 Å². The van der Waals surface area contributed by atoms with E-state index in [0.717, 1.165) is 24.7 Å². The van der Waals surface area contributed by atoms with Gasteiger partial charge in [0.2, 0.25) is 0 Å². The Labute approximate surface area is 97.1 Å². The van der Waals surface area contributed by atoms with E-state index in [1.807, 2.05) is 4.57 Å². The van der Waals surface area contributed by atoms with Crippen molar-refractivity contribution in [3.05, 3.63) is 47.5 Å². The first-order valence-electron chi connectivity index (χ1n) is 5.56. The Hall–Kier alpha value is -1.78. The minimum absolute atomic E-state index is 0.480. The van der Waals surface area contributed by atoms with Crippen LogP contribution in [0.25, 0.3) is 0 Å². The molecule has 17 heavy (non-hydrogen) atoms. The van der Waals surface area contributed by atoms with Crippen molar-refractivity contribution in [2.75, 3.05) is 0 Å². The molecule has 0 spiro atoms. The van der Waals surface area contributed by atoms with Gasteiger partial charge in [0, 0.05) is 12.5 Å². The first-order chi connectivity index (χ1) is 8.24. The number of halogens is 2. The molecule has 0 radical (unpaired) electrons. The van der Waals surface area contributed by atoms with Gasteiger partial charge in [0.15, 0.2) is 11.6 Å². The molecule has 1 saturated carbocycles. The number of hydrogen-bond donors (Lipinski definition) is 0. The van der Waals surface area contributed by atoms with Crippen LogP contribution >= 0.6 is 0 Å². The van der Waals surface area contributed by atoms with Crippen LogP contribution in [0.15, 0.2) is 24.5 Å². The van der Waals surface area contributed by atoms with E-state index in [4.69, 9.17) is 0 Å². The van der Waals surface area contributed by atoms with Gasteiger partial charge in [-0.2, -0.15) is 0 Å². The van der Waals surface area contributed by atoms with Gasteiger partial charge in [-0.3, -0.25) is 0 Å². The summed E-state index contributed by atoms with van der Waals surface area (Å²) in [5, 5.41) is 7.89. The summed E-state index contributed by atoms with van der Waals surface area (Å²) in [6.45, 7) is 0. The number of hydrogen-bond acceptors (Lipinski definition) is 2. The SMILES string of the molecule is Fc1ccc(Cc2nncn2C2CC2)cc1F. The second kappa shape index (κ2) is 3.91. The lowest BCUT2D eigenvalue weighted by molar-refractivity contribution is 0.507. The smallest absolute Gasteiger partial charge is 0.159 e. The van der Waals surface area contributed by atoms with Crippen molar-refractivity contribution in [1.29, 1.82) is 0 Å². The molecule has 3 rings (SSSR count). The molecule has 0 N–H and O–H groups in total. The molecule has 0 bridgehead atoms. The van der Waals surface area contributed by atoms with Gasteiger partial charge >= 0.3 is 0 Å². The Kier molecular flexibility index (Phi) is 2.39. The van der Waals surface area contributed by atoms with Crippen molar-refractivity contribution in [2.45, 2.75) is 25.3 Å². The third-order valence-corrected chi connectivity index (χ3v) is 2.93. The van der Waals surface area contributed by atoms with Gasteiger partial charge in [-0.25, -0.2) is 8.78 Å². The number of nitrogens with zero attached hydrogens (tertiary/aromatic N) is 3. The van der Waals surface area contributed by atoms with Crippen LogP contribution in [0.2, 0.25) is 0 Å². The summed E-state index contributed by atoms with van der Waals surface area (Å²) < 4.78 is 27.9. The maximum absolute atomic E-state index is 13.1. The van der Waals surface area contributed by atoms with Crippen molar-refractivity contribution in [3.63, 3.8) is 0 Å². The standard InChI is InChI=1S/C12H11F2N3/c13-10-4-1-8(5-11(10)14)6-12-16-15-7-17(12)9-2-3-9/h1,4-5,7,9H,2-3,6H2. The van der Waals surface area contributed by atoms with E-state index >= 15 is 0 Å². The lowest BCUT2D eigenvalue weighted by Crippen LogP contribution is -2.02. The third-order valence-electron chi connectivity index (χ3n) is 2.93. The van der Waals surface area contributed by atoms with Crippen LogP contribution in [0.1, 0.15) is 30.3 Å². The predicted molar refractivity (Wildman–Crippen MR) is 57.5 cm³/mol. The summed E-state index contributed by atoms with van der Waals surface area (Å²) in [4.78, 5) is 0. The van der Waals surface area contributed by atoms with Crippen LogP contribution in [0, 0.1) is 11.6 Å². The Morgan fingerprint density at radius 1 is 1.24 bits per heavy atom. The molecule has 1 aromatic heterocycles. The molecular formula is C12H11F2N3. The summed E-state index contributed by atoms with van der Waals surface area (Å²) in [5.74, 6) is -0.837. The highest BCUT2D eigenvalue weighted by Gasteiger charge is 2.25. The van der Waals surface area contributed by atoms with Gasteiger partial charge in [0.25, 0.3) is 0 Å². The minimum Gasteiger partial charge on any atom is -0.314 e. The van der Waals surface area contributed by atoms with E-state index in [0.29, 0.717) is 18.0 Å². The molecule has 5 heteroatoms. The van der Waals surface area contributed by atoms with Crippen LogP contribution in [0.3, 0.4) is 0 Å². The molecule has 3 nitrogen and oxygen atoms in total. The fourth-order valence-electron chi connectivity index (χ4n) is 1.88. The molecule has 0 saturated heterocycles. The second-order valence-corrected chi connectivity index (χ2v) is 4.31. The van der Waals surface area contributed by atoms with E-state index in [2.05, 4.69) is 10.2 Å². The highest BCUT2D eigenvalue weighted by atomic mass is 19.2. The average Bonchev–Trinajstić information content (AvgIpc) is 3.05. The first-order valence-corrected chi connectivity index (χ1v) is 5.56. The molecule has 1 fully saturated rings. The van der Waals surface area contributed by atoms with E-state index in [1.165, 1.54) is 6.07 Å². The van der Waals surface area contributed by atoms with Gasteiger partial charge < -0.3 is 4.57 Å². The Balaban J connectivity index is 1.85. The van der Waals surface area contributed by atoms with Gasteiger partial charge in [-0.1, -0.05) is 6.07 Å². The topological polar surface area (TPSA) is 30.7 Å². The predicted octanol–water partition coefficient (Wildman–Crippen LogP) is 2.48. The number of benzene rings is 1. The van der Waals surface area contributed by atoms with E-state index in [-0.39, 0.29) is 0 Å². The molecule has 2 aromatic rings.